The third-order valence-electron chi connectivity index (χ3n) is 3.84. The number of ether oxygens (including phenoxy) is 1. The van der Waals surface area contributed by atoms with Crippen LogP contribution in [0.25, 0.3) is 0 Å². The molecule has 102 valence electrons. The number of aromatic nitrogens is 2. The van der Waals surface area contributed by atoms with Crippen molar-refractivity contribution < 1.29 is 9.84 Å². The smallest absolute Gasteiger partial charge is 0.141 e. The quantitative estimate of drug-likeness (QED) is 0.846. The summed E-state index contributed by atoms with van der Waals surface area (Å²) in [6, 6.07) is 0. The predicted molar refractivity (Wildman–Crippen MR) is 70.3 cm³/mol. The van der Waals surface area contributed by atoms with E-state index in [4.69, 9.17) is 4.74 Å². The van der Waals surface area contributed by atoms with Crippen molar-refractivity contribution in [3.63, 3.8) is 0 Å². The average Bonchev–Trinajstić information content (AvgIpc) is 2.99. The normalized spacial score (nSPS) is 20.2. The molecule has 0 aliphatic heterocycles. The Bertz CT molecular complexity index is 370. The summed E-state index contributed by atoms with van der Waals surface area (Å²) in [5, 5.41) is 10.7. The Balaban J connectivity index is 2.22. The zero-order valence-corrected chi connectivity index (χ0v) is 11.4. The van der Waals surface area contributed by atoms with E-state index in [-0.39, 0.29) is 0 Å². The summed E-state index contributed by atoms with van der Waals surface area (Å²) in [7, 11) is 0. The van der Waals surface area contributed by atoms with E-state index in [0.717, 1.165) is 44.5 Å². The van der Waals surface area contributed by atoms with Crippen LogP contribution in [0.1, 0.15) is 57.9 Å². The molecule has 0 bridgehead atoms. The Morgan fingerprint density at radius 1 is 1.44 bits per heavy atom. The van der Waals surface area contributed by atoms with E-state index in [0.29, 0.717) is 6.61 Å². The van der Waals surface area contributed by atoms with Crippen LogP contribution in [0.3, 0.4) is 0 Å². The number of aliphatic hydroxyl groups is 1. The molecule has 1 N–H and O–H groups in total. The van der Waals surface area contributed by atoms with Crippen molar-refractivity contribution in [2.45, 2.75) is 64.2 Å². The Morgan fingerprint density at radius 2 is 2.17 bits per heavy atom. The van der Waals surface area contributed by atoms with E-state index in [1.807, 2.05) is 17.7 Å². The van der Waals surface area contributed by atoms with Gasteiger partial charge in [-0.05, 0) is 26.2 Å². The van der Waals surface area contributed by atoms with Crippen molar-refractivity contribution >= 4 is 0 Å². The molecule has 1 aliphatic rings. The van der Waals surface area contributed by atoms with Gasteiger partial charge in [0.05, 0.1) is 0 Å². The molecule has 1 saturated carbocycles. The highest BCUT2D eigenvalue weighted by molar-refractivity contribution is 5.06. The van der Waals surface area contributed by atoms with Crippen LogP contribution in [0.15, 0.2) is 12.4 Å². The van der Waals surface area contributed by atoms with Crippen molar-refractivity contribution in [1.82, 2.24) is 9.55 Å². The zero-order chi connectivity index (χ0) is 13.0. The second-order valence-electron chi connectivity index (χ2n) is 5.09. The molecule has 4 nitrogen and oxygen atoms in total. The molecule has 2 rings (SSSR count). The lowest BCUT2D eigenvalue weighted by atomic mass is 9.93. The molecule has 1 aliphatic carbocycles. The minimum absolute atomic E-state index is 0.411. The number of rotatable bonds is 6. The molecule has 4 heteroatoms. The van der Waals surface area contributed by atoms with Gasteiger partial charge in [-0.25, -0.2) is 4.98 Å². The molecular weight excluding hydrogens is 228 g/mol. The fraction of sp³-hybridized carbons (Fsp3) is 0.786. The highest BCUT2D eigenvalue weighted by atomic mass is 16.5. The first kappa shape index (κ1) is 13.6. The standard InChI is InChI=1S/C14H24N2O2/c1-3-10-16-11-9-15-13(16)12(17)14(18-4-2)7-5-6-8-14/h9,11-12,17H,3-8,10H2,1-2H3. The summed E-state index contributed by atoms with van der Waals surface area (Å²) in [5.41, 5.74) is -0.411. The van der Waals surface area contributed by atoms with Crippen molar-refractivity contribution in [3.05, 3.63) is 18.2 Å². The second kappa shape index (κ2) is 5.85. The van der Waals surface area contributed by atoms with Crippen molar-refractivity contribution in [1.29, 1.82) is 0 Å². The third kappa shape index (κ3) is 2.45. The summed E-state index contributed by atoms with van der Waals surface area (Å²) < 4.78 is 7.95. The van der Waals surface area contributed by atoms with Gasteiger partial charge >= 0.3 is 0 Å². The van der Waals surface area contributed by atoms with Crippen molar-refractivity contribution in [2.24, 2.45) is 0 Å². The number of hydrogen-bond donors (Lipinski definition) is 1. The van der Waals surface area contributed by atoms with Crippen LogP contribution < -0.4 is 0 Å². The highest BCUT2D eigenvalue weighted by Crippen LogP contribution is 2.42. The second-order valence-corrected chi connectivity index (χ2v) is 5.09. The number of hydrogen-bond acceptors (Lipinski definition) is 3. The largest absolute Gasteiger partial charge is 0.382 e. The van der Waals surface area contributed by atoms with Gasteiger partial charge in [0, 0.05) is 25.5 Å². The Morgan fingerprint density at radius 3 is 2.78 bits per heavy atom. The topological polar surface area (TPSA) is 47.3 Å². The van der Waals surface area contributed by atoms with Gasteiger partial charge in [0.15, 0.2) is 0 Å². The van der Waals surface area contributed by atoms with Crippen molar-refractivity contribution in [3.8, 4) is 0 Å². The fourth-order valence-electron chi connectivity index (χ4n) is 2.99. The van der Waals surface area contributed by atoms with Gasteiger partial charge < -0.3 is 14.4 Å². The van der Waals surface area contributed by atoms with Crippen LogP contribution in [0.5, 0.6) is 0 Å². The summed E-state index contributed by atoms with van der Waals surface area (Å²) in [6.45, 7) is 5.66. The van der Waals surface area contributed by atoms with Gasteiger partial charge in [0.25, 0.3) is 0 Å². The molecule has 18 heavy (non-hydrogen) atoms. The molecule has 1 atom stereocenters. The number of aryl methyl sites for hydroxylation is 1. The summed E-state index contributed by atoms with van der Waals surface area (Å²) in [4.78, 5) is 4.34. The molecule has 0 saturated heterocycles. The monoisotopic (exact) mass is 252 g/mol. The molecule has 1 aromatic heterocycles. The van der Waals surface area contributed by atoms with E-state index in [9.17, 15) is 5.11 Å². The number of imidazole rings is 1. The summed E-state index contributed by atoms with van der Waals surface area (Å²) >= 11 is 0. The molecule has 0 radical (unpaired) electrons. The van der Waals surface area contributed by atoms with E-state index in [1.165, 1.54) is 0 Å². The lowest BCUT2D eigenvalue weighted by Gasteiger charge is -2.33. The van der Waals surface area contributed by atoms with Crippen LogP contribution in [-0.4, -0.2) is 26.9 Å². The van der Waals surface area contributed by atoms with E-state index in [1.54, 1.807) is 6.20 Å². The molecule has 0 amide bonds. The maximum atomic E-state index is 10.7. The first-order chi connectivity index (χ1) is 8.73. The first-order valence-electron chi connectivity index (χ1n) is 7.06. The summed E-state index contributed by atoms with van der Waals surface area (Å²) in [5.74, 6) is 0.757. The SMILES string of the molecule is CCCn1ccnc1C(O)C1(OCC)CCCC1. The maximum Gasteiger partial charge on any atom is 0.141 e. The lowest BCUT2D eigenvalue weighted by Crippen LogP contribution is -2.38. The maximum absolute atomic E-state index is 10.7. The fourth-order valence-corrected chi connectivity index (χ4v) is 2.99. The average molecular weight is 252 g/mol. The van der Waals surface area contributed by atoms with Crippen molar-refractivity contribution in [2.75, 3.05) is 6.61 Å². The van der Waals surface area contributed by atoms with Crippen LogP contribution in [-0.2, 0) is 11.3 Å². The molecule has 0 spiro atoms. The Labute approximate surface area is 109 Å². The minimum atomic E-state index is -0.610. The van der Waals surface area contributed by atoms with Crippen LogP contribution in [0, 0.1) is 0 Å². The predicted octanol–water partition coefficient (Wildman–Crippen LogP) is 2.68. The molecule has 1 fully saturated rings. The molecular formula is C14H24N2O2. The summed E-state index contributed by atoms with van der Waals surface area (Å²) in [6.07, 6.45) is 8.26. The highest BCUT2D eigenvalue weighted by Gasteiger charge is 2.43. The molecule has 1 heterocycles. The zero-order valence-electron chi connectivity index (χ0n) is 11.4. The molecule has 0 aromatic carbocycles. The van der Waals surface area contributed by atoms with Crippen LogP contribution in [0.4, 0.5) is 0 Å². The van der Waals surface area contributed by atoms with E-state index >= 15 is 0 Å². The van der Waals surface area contributed by atoms with Gasteiger partial charge in [-0.2, -0.15) is 0 Å². The Kier molecular flexibility index (Phi) is 4.40. The van der Waals surface area contributed by atoms with Gasteiger partial charge in [-0.3, -0.25) is 0 Å². The molecule has 1 unspecified atom stereocenters. The van der Waals surface area contributed by atoms with Crippen LogP contribution in [0.2, 0.25) is 0 Å². The minimum Gasteiger partial charge on any atom is -0.382 e. The van der Waals surface area contributed by atoms with Gasteiger partial charge in [0.2, 0.25) is 0 Å². The third-order valence-corrected chi connectivity index (χ3v) is 3.84. The van der Waals surface area contributed by atoms with Gasteiger partial charge in [0.1, 0.15) is 17.5 Å². The number of nitrogens with zero attached hydrogens (tertiary/aromatic N) is 2. The van der Waals surface area contributed by atoms with E-state index < -0.39 is 11.7 Å². The van der Waals surface area contributed by atoms with E-state index in [2.05, 4.69) is 11.9 Å². The molecule has 1 aromatic rings. The van der Waals surface area contributed by atoms with Gasteiger partial charge in [-0.15, -0.1) is 0 Å². The Hall–Kier alpha value is -0.870. The lowest BCUT2D eigenvalue weighted by molar-refractivity contribution is -0.122. The number of aliphatic hydroxyl groups excluding tert-OH is 1. The van der Waals surface area contributed by atoms with Crippen LogP contribution >= 0.6 is 0 Å². The van der Waals surface area contributed by atoms with Gasteiger partial charge in [-0.1, -0.05) is 19.8 Å². The first-order valence-corrected chi connectivity index (χ1v) is 7.06.